The van der Waals surface area contributed by atoms with E-state index in [1.165, 1.54) is 6.26 Å². The first kappa shape index (κ1) is 15.9. The van der Waals surface area contributed by atoms with Gasteiger partial charge in [0.15, 0.2) is 9.84 Å². The summed E-state index contributed by atoms with van der Waals surface area (Å²) in [6.45, 7) is 2.55. The maximum Gasteiger partial charge on any atom is 0.175 e. The van der Waals surface area contributed by atoms with E-state index in [9.17, 15) is 8.42 Å². The van der Waals surface area contributed by atoms with Gasteiger partial charge in [0.05, 0.1) is 16.9 Å². The Kier molecular flexibility index (Phi) is 4.91. The average molecular weight is 325 g/mol. The fourth-order valence-electron chi connectivity index (χ4n) is 1.98. The summed E-state index contributed by atoms with van der Waals surface area (Å²) in [6, 6.07) is 14.2. The highest BCUT2D eigenvalue weighted by Crippen LogP contribution is 2.30. The van der Waals surface area contributed by atoms with Crippen molar-refractivity contribution in [3.05, 3.63) is 59.7 Å². The van der Waals surface area contributed by atoms with E-state index in [2.05, 4.69) is 0 Å². The minimum atomic E-state index is -3.18. The molecule has 0 radical (unpaired) electrons. The number of alkyl halides is 1. The molecule has 0 N–H and O–H groups in total. The third kappa shape index (κ3) is 3.99. The van der Waals surface area contributed by atoms with Gasteiger partial charge in [-0.15, -0.1) is 11.6 Å². The molecule has 5 heteroatoms. The third-order valence-corrected chi connectivity index (χ3v) is 4.72. The van der Waals surface area contributed by atoms with Crippen molar-refractivity contribution in [1.29, 1.82) is 0 Å². The number of hydrogen-bond acceptors (Lipinski definition) is 3. The summed E-state index contributed by atoms with van der Waals surface area (Å²) in [5.74, 6) is 0.803. The molecule has 21 heavy (non-hydrogen) atoms. The Hall–Kier alpha value is -1.52. The van der Waals surface area contributed by atoms with Gasteiger partial charge in [-0.25, -0.2) is 8.42 Å². The lowest BCUT2D eigenvalue weighted by Gasteiger charge is -2.12. The van der Waals surface area contributed by atoms with E-state index in [0.717, 1.165) is 16.9 Å². The standard InChI is InChI=1S/C16H17ClO3S/c1-3-20-14-8-4-12(5-9-14)16(17)13-6-10-15(11-7-13)21(2,18)19/h4-11,16H,3H2,1-2H3. The molecule has 1 atom stereocenters. The van der Waals surface area contributed by atoms with E-state index in [-0.39, 0.29) is 5.38 Å². The zero-order valence-electron chi connectivity index (χ0n) is 11.9. The molecule has 2 aromatic carbocycles. The van der Waals surface area contributed by atoms with E-state index < -0.39 is 9.84 Å². The maximum absolute atomic E-state index is 11.4. The predicted molar refractivity (Wildman–Crippen MR) is 84.9 cm³/mol. The van der Waals surface area contributed by atoms with Crippen LogP contribution in [0, 0.1) is 0 Å². The minimum Gasteiger partial charge on any atom is -0.494 e. The first-order valence-electron chi connectivity index (χ1n) is 6.58. The van der Waals surface area contributed by atoms with Crippen molar-refractivity contribution in [3.8, 4) is 5.75 Å². The molecule has 0 aliphatic rings. The summed E-state index contributed by atoms with van der Waals surface area (Å²) in [5.41, 5.74) is 1.79. The molecular weight excluding hydrogens is 308 g/mol. The van der Waals surface area contributed by atoms with Crippen molar-refractivity contribution in [1.82, 2.24) is 0 Å². The second-order valence-corrected chi connectivity index (χ2v) is 7.16. The van der Waals surface area contributed by atoms with E-state index in [1.54, 1.807) is 24.3 Å². The van der Waals surface area contributed by atoms with Gasteiger partial charge in [0, 0.05) is 6.26 Å². The molecule has 3 nitrogen and oxygen atoms in total. The molecule has 0 bridgehead atoms. The number of rotatable bonds is 5. The zero-order valence-corrected chi connectivity index (χ0v) is 13.5. The minimum absolute atomic E-state index is 0.293. The number of hydrogen-bond donors (Lipinski definition) is 0. The monoisotopic (exact) mass is 324 g/mol. The molecule has 0 heterocycles. The topological polar surface area (TPSA) is 43.4 Å². The van der Waals surface area contributed by atoms with Crippen LogP contribution in [0.3, 0.4) is 0 Å². The van der Waals surface area contributed by atoms with Crippen molar-refractivity contribution in [3.63, 3.8) is 0 Å². The lowest BCUT2D eigenvalue weighted by molar-refractivity contribution is 0.340. The van der Waals surface area contributed by atoms with Crippen LogP contribution in [-0.4, -0.2) is 21.3 Å². The second kappa shape index (κ2) is 6.50. The van der Waals surface area contributed by atoms with Crippen molar-refractivity contribution in [2.45, 2.75) is 17.2 Å². The van der Waals surface area contributed by atoms with Gasteiger partial charge in [-0.2, -0.15) is 0 Å². The van der Waals surface area contributed by atoms with Gasteiger partial charge in [-0.1, -0.05) is 24.3 Å². The van der Waals surface area contributed by atoms with Crippen molar-refractivity contribution in [2.24, 2.45) is 0 Å². The van der Waals surface area contributed by atoms with Crippen molar-refractivity contribution < 1.29 is 13.2 Å². The molecule has 2 aromatic rings. The molecular formula is C16H17ClO3S. The van der Waals surface area contributed by atoms with Gasteiger partial charge < -0.3 is 4.74 Å². The fourth-order valence-corrected chi connectivity index (χ4v) is 2.90. The largest absolute Gasteiger partial charge is 0.494 e. The number of benzene rings is 2. The van der Waals surface area contributed by atoms with Crippen LogP contribution >= 0.6 is 11.6 Å². The normalized spacial score (nSPS) is 12.9. The second-order valence-electron chi connectivity index (χ2n) is 4.71. The average Bonchev–Trinajstić information content (AvgIpc) is 2.47. The Morgan fingerprint density at radius 3 is 1.90 bits per heavy atom. The lowest BCUT2D eigenvalue weighted by Crippen LogP contribution is -1.99. The Balaban J connectivity index is 2.21. The number of halogens is 1. The molecule has 112 valence electrons. The molecule has 0 amide bonds. The Morgan fingerprint density at radius 1 is 1.00 bits per heavy atom. The Bertz CT molecular complexity index is 691. The Morgan fingerprint density at radius 2 is 1.48 bits per heavy atom. The fraction of sp³-hybridized carbons (Fsp3) is 0.250. The van der Waals surface area contributed by atoms with Crippen LogP contribution in [0.4, 0.5) is 0 Å². The first-order valence-corrected chi connectivity index (χ1v) is 8.91. The highest BCUT2D eigenvalue weighted by molar-refractivity contribution is 7.90. The summed E-state index contributed by atoms with van der Waals surface area (Å²) >= 11 is 6.44. The van der Waals surface area contributed by atoms with Crippen LogP contribution in [0.25, 0.3) is 0 Å². The maximum atomic E-state index is 11.4. The number of ether oxygens (including phenoxy) is 1. The highest BCUT2D eigenvalue weighted by Gasteiger charge is 2.13. The quantitative estimate of drug-likeness (QED) is 0.785. The summed E-state index contributed by atoms with van der Waals surface area (Å²) in [6.07, 6.45) is 1.19. The molecule has 0 spiro atoms. The van der Waals surface area contributed by atoms with Crippen molar-refractivity contribution >= 4 is 21.4 Å². The van der Waals surface area contributed by atoms with Crippen LogP contribution in [0.2, 0.25) is 0 Å². The predicted octanol–water partition coefficient (Wildman–Crippen LogP) is 3.82. The number of sulfone groups is 1. The van der Waals surface area contributed by atoms with Gasteiger partial charge in [0.25, 0.3) is 0 Å². The molecule has 0 fully saturated rings. The summed E-state index contributed by atoms with van der Waals surface area (Å²) in [7, 11) is -3.18. The van der Waals surface area contributed by atoms with Gasteiger partial charge >= 0.3 is 0 Å². The van der Waals surface area contributed by atoms with E-state index >= 15 is 0 Å². The van der Waals surface area contributed by atoms with E-state index in [4.69, 9.17) is 16.3 Å². The lowest BCUT2D eigenvalue weighted by atomic mass is 10.0. The van der Waals surface area contributed by atoms with Crippen LogP contribution < -0.4 is 4.74 Å². The van der Waals surface area contributed by atoms with Crippen LogP contribution in [0.5, 0.6) is 5.75 Å². The van der Waals surface area contributed by atoms with Crippen LogP contribution in [-0.2, 0) is 9.84 Å². The third-order valence-electron chi connectivity index (χ3n) is 3.08. The SMILES string of the molecule is CCOc1ccc(C(Cl)c2ccc(S(C)(=O)=O)cc2)cc1. The summed E-state index contributed by atoms with van der Waals surface area (Å²) < 4.78 is 28.3. The molecule has 0 saturated heterocycles. The summed E-state index contributed by atoms with van der Waals surface area (Å²) in [4.78, 5) is 0.293. The van der Waals surface area contributed by atoms with Gasteiger partial charge in [0.2, 0.25) is 0 Å². The zero-order chi connectivity index (χ0) is 15.5. The highest BCUT2D eigenvalue weighted by atomic mass is 35.5. The van der Waals surface area contributed by atoms with E-state index in [0.29, 0.717) is 11.5 Å². The molecule has 0 aliphatic heterocycles. The molecule has 0 saturated carbocycles. The van der Waals surface area contributed by atoms with Gasteiger partial charge in [-0.05, 0) is 42.3 Å². The Labute approximate surface area is 130 Å². The molecule has 1 unspecified atom stereocenters. The first-order chi connectivity index (χ1) is 9.91. The smallest absolute Gasteiger partial charge is 0.175 e. The van der Waals surface area contributed by atoms with Crippen molar-refractivity contribution in [2.75, 3.05) is 12.9 Å². The summed E-state index contributed by atoms with van der Waals surface area (Å²) in [5, 5.41) is -0.325. The van der Waals surface area contributed by atoms with E-state index in [1.807, 2.05) is 31.2 Å². The van der Waals surface area contributed by atoms with Gasteiger partial charge in [0.1, 0.15) is 5.75 Å². The van der Waals surface area contributed by atoms with Crippen LogP contribution in [0.1, 0.15) is 23.4 Å². The van der Waals surface area contributed by atoms with Gasteiger partial charge in [-0.3, -0.25) is 0 Å². The van der Waals surface area contributed by atoms with Crippen LogP contribution in [0.15, 0.2) is 53.4 Å². The molecule has 2 rings (SSSR count). The molecule has 0 aliphatic carbocycles. The molecule has 0 aromatic heterocycles.